The summed E-state index contributed by atoms with van der Waals surface area (Å²) in [4.78, 5) is 20.9. The highest BCUT2D eigenvalue weighted by Gasteiger charge is 2.12. The number of nitrogens with zero attached hydrogens (tertiary/aromatic N) is 2. The number of hydrogen-bond acceptors (Lipinski definition) is 6. The van der Waals surface area contributed by atoms with Crippen LogP contribution in [0, 0.1) is 13.8 Å². The number of amides is 1. The number of carbonyl (C=O) groups is 1. The number of aryl methyl sites for hydroxylation is 2. The van der Waals surface area contributed by atoms with Gasteiger partial charge in [0.15, 0.2) is 5.13 Å². The van der Waals surface area contributed by atoms with Crippen LogP contribution in [0.1, 0.15) is 10.7 Å². The summed E-state index contributed by atoms with van der Waals surface area (Å²) in [6.07, 6.45) is 0. The van der Waals surface area contributed by atoms with E-state index in [4.69, 9.17) is 5.73 Å². The van der Waals surface area contributed by atoms with Crippen molar-refractivity contribution >= 4 is 46.1 Å². The van der Waals surface area contributed by atoms with Crippen molar-refractivity contribution in [3.8, 4) is 10.6 Å². The van der Waals surface area contributed by atoms with E-state index in [1.54, 1.807) is 11.3 Å². The predicted octanol–water partition coefficient (Wildman–Crippen LogP) is 2.20. The number of hydrogen-bond donors (Lipinski definition) is 2. The van der Waals surface area contributed by atoms with Gasteiger partial charge in [-0.15, -0.1) is 35.1 Å². The van der Waals surface area contributed by atoms with Gasteiger partial charge in [0.2, 0.25) is 5.91 Å². The Hall–Kier alpha value is -1.02. The van der Waals surface area contributed by atoms with E-state index in [0.717, 1.165) is 21.3 Å². The fraction of sp³-hybridized carbons (Fsp3) is 0.300. The van der Waals surface area contributed by atoms with Crippen molar-refractivity contribution < 1.29 is 4.79 Å². The third-order valence-corrected chi connectivity index (χ3v) is 3.93. The lowest BCUT2D eigenvalue weighted by Crippen LogP contribution is -2.21. The molecule has 18 heavy (non-hydrogen) atoms. The molecule has 0 aliphatic rings. The van der Waals surface area contributed by atoms with Crippen molar-refractivity contribution in [2.45, 2.75) is 13.8 Å². The van der Waals surface area contributed by atoms with Crippen LogP contribution in [0.15, 0.2) is 5.38 Å². The average molecular weight is 305 g/mol. The Bertz CT molecular complexity index is 552. The van der Waals surface area contributed by atoms with Crippen molar-refractivity contribution in [3.63, 3.8) is 0 Å². The Morgan fingerprint density at radius 1 is 1.44 bits per heavy atom. The molecule has 1 amide bonds. The van der Waals surface area contributed by atoms with Gasteiger partial charge in [-0.3, -0.25) is 4.79 Å². The van der Waals surface area contributed by atoms with Gasteiger partial charge in [-0.05, 0) is 13.8 Å². The molecule has 3 N–H and O–H groups in total. The monoisotopic (exact) mass is 304 g/mol. The average Bonchev–Trinajstić information content (AvgIpc) is 2.85. The van der Waals surface area contributed by atoms with Crippen LogP contribution in [0.3, 0.4) is 0 Å². The molecule has 0 spiro atoms. The normalized spacial score (nSPS) is 9.94. The summed E-state index contributed by atoms with van der Waals surface area (Å²) in [5.74, 6) is -0.233. The molecule has 0 radical (unpaired) electrons. The number of halogens is 1. The first-order chi connectivity index (χ1) is 8.10. The van der Waals surface area contributed by atoms with E-state index in [2.05, 4.69) is 15.3 Å². The van der Waals surface area contributed by atoms with Gasteiger partial charge in [0, 0.05) is 5.38 Å². The summed E-state index contributed by atoms with van der Waals surface area (Å²) in [5.41, 5.74) is 7.04. The molecule has 2 aromatic heterocycles. The summed E-state index contributed by atoms with van der Waals surface area (Å²) >= 11 is 2.99. The zero-order valence-corrected chi connectivity index (χ0v) is 12.3. The lowest BCUT2D eigenvalue weighted by Gasteiger charge is -1.96. The Labute approximate surface area is 119 Å². The molecule has 2 rings (SSSR count). The van der Waals surface area contributed by atoms with E-state index in [1.165, 1.54) is 11.3 Å². The van der Waals surface area contributed by atoms with Crippen LogP contribution in [0.25, 0.3) is 10.6 Å². The number of aromatic nitrogens is 2. The van der Waals surface area contributed by atoms with E-state index >= 15 is 0 Å². The smallest absolute Gasteiger partial charge is 0.239 e. The molecule has 0 fully saturated rings. The maximum Gasteiger partial charge on any atom is 0.239 e. The summed E-state index contributed by atoms with van der Waals surface area (Å²) in [6.45, 7) is 3.88. The molecular weight excluding hydrogens is 292 g/mol. The first kappa shape index (κ1) is 15.0. The molecule has 5 nitrogen and oxygen atoms in total. The molecule has 0 aromatic carbocycles. The van der Waals surface area contributed by atoms with Crippen molar-refractivity contribution in [2.75, 3.05) is 11.9 Å². The van der Waals surface area contributed by atoms with Gasteiger partial charge < -0.3 is 11.1 Å². The van der Waals surface area contributed by atoms with Gasteiger partial charge in [-0.2, -0.15) is 0 Å². The lowest BCUT2D eigenvalue weighted by atomic mass is 10.3. The number of anilines is 1. The van der Waals surface area contributed by atoms with Crippen LogP contribution < -0.4 is 11.1 Å². The Balaban J connectivity index is 0.00000162. The maximum absolute atomic E-state index is 11.1. The molecule has 98 valence electrons. The number of nitrogens with two attached hydrogens (primary N) is 1. The summed E-state index contributed by atoms with van der Waals surface area (Å²) in [5, 5.41) is 6.13. The highest BCUT2D eigenvalue weighted by molar-refractivity contribution is 7.16. The number of rotatable bonds is 3. The van der Waals surface area contributed by atoms with Gasteiger partial charge in [-0.25, -0.2) is 9.97 Å². The molecule has 2 aromatic rings. The fourth-order valence-electron chi connectivity index (χ4n) is 1.37. The van der Waals surface area contributed by atoms with Gasteiger partial charge in [0.25, 0.3) is 0 Å². The quantitative estimate of drug-likeness (QED) is 0.911. The van der Waals surface area contributed by atoms with Crippen LogP contribution in [0.4, 0.5) is 5.13 Å². The van der Waals surface area contributed by atoms with E-state index < -0.39 is 0 Å². The minimum absolute atomic E-state index is 0. The molecule has 0 saturated heterocycles. The van der Waals surface area contributed by atoms with E-state index in [0.29, 0.717) is 5.13 Å². The van der Waals surface area contributed by atoms with Crippen LogP contribution in [0.5, 0.6) is 0 Å². The highest BCUT2D eigenvalue weighted by atomic mass is 35.5. The Kier molecular flexibility index (Phi) is 5.21. The minimum atomic E-state index is -0.233. The first-order valence-corrected chi connectivity index (χ1v) is 6.69. The molecular formula is C10H13ClN4OS2. The largest absolute Gasteiger partial charge is 0.322 e. The van der Waals surface area contributed by atoms with Crippen LogP contribution in [-0.2, 0) is 4.79 Å². The molecule has 0 aliphatic carbocycles. The van der Waals surface area contributed by atoms with E-state index in [-0.39, 0.29) is 24.9 Å². The zero-order valence-electron chi connectivity index (χ0n) is 9.89. The third-order valence-electron chi connectivity index (χ3n) is 2.07. The molecule has 0 unspecified atom stereocenters. The van der Waals surface area contributed by atoms with Crippen molar-refractivity contribution in [1.82, 2.24) is 9.97 Å². The molecule has 2 heterocycles. The van der Waals surface area contributed by atoms with Crippen LogP contribution in [0.2, 0.25) is 0 Å². The van der Waals surface area contributed by atoms with Gasteiger partial charge in [0.05, 0.1) is 27.8 Å². The zero-order chi connectivity index (χ0) is 12.4. The van der Waals surface area contributed by atoms with Crippen molar-refractivity contribution in [1.29, 1.82) is 0 Å². The minimum Gasteiger partial charge on any atom is -0.322 e. The lowest BCUT2D eigenvalue weighted by molar-refractivity contribution is -0.114. The highest BCUT2D eigenvalue weighted by Crippen LogP contribution is 2.31. The summed E-state index contributed by atoms with van der Waals surface area (Å²) in [7, 11) is 0. The van der Waals surface area contributed by atoms with Gasteiger partial charge in [-0.1, -0.05) is 0 Å². The predicted molar refractivity (Wildman–Crippen MR) is 77.6 cm³/mol. The topological polar surface area (TPSA) is 80.9 Å². The number of thiazole rings is 2. The maximum atomic E-state index is 11.1. The second kappa shape index (κ2) is 6.24. The van der Waals surface area contributed by atoms with Crippen molar-refractivity contribution in [2.24, 2.45) is 5.73 Å². The molecule has 0 bridgehead atoms. The summed E-state index contributed by atoms with van der Waals surface area (Å²) < 4.78 is 0. The SMILES string of the molecule is Cc1nc(C)c(-c2csc(NC(=O)CN)n2)s1.Cl. The third kappa shape index (κ3) is 3.26. The molecule has 0 saturated carbocycles. The Morgan fingerprint density at radius 3 is 2.72 bits per heavy atom. The van der Waals surface area contributed by atoms with Crippen molar-refractivity contribution in [3.05, 3.63) is 16.1 Å². The molecule has 0 atom stereocenters. The van der Waals surface area contributed by atoms with Crippen LogP contribution >= 0.6 is 35.1 Å². The van der Waals surface area contributed by atoms with Gasteiger partial charge >= 0.3 is 0 Å². The number of nitrogens with one attached hydrogen (secondary N) is 1. The van der Waals surface area contributed by atoms with Crippen LogP contribution in [-0.4, -0.2) is 22.4 Å². The van der Waals surface area contributed by atoms with Gasteiger partial charge in [0.1, 0.15) is 0 Å². The second-order valence-electron chi connectivity index (χ2n) is 3.44. The fourth-order valence-corrected chi connectivity index (χ4v) is 3.05. The molecule has 8 heteroatoms. The standard InChI is InChI=1S/C10H12N4OS2.ClH/c1-5-9(17-6(2)12-5)7-4-16-10(13-7)14-8(15)3-11;/h4H,3,11H2,1-2H3,(H,13,14,15);1H. The Morgan fingerprint density at radius 2 is 2.17 bits per heavy atom. The van der Waals surface area contributed by atoms with E-state index in [1.807, 2.05) is 19.2 Å². The molecule has 0 aliphatic heterocycles. The number of carbonyl (C=O) groups excluding carboxylic acids is 1. The summed E-state index contributed by atoms with van der Waals surface area (Å²) in [6, 6.07) is 0. The second-order valence-corrected chi connectivity index (χ2v) is 5.50. The van der Waals surface area contributed by atoms with E-state index in [9.17, 15) is 4.79 Å². The first-order valence-electron chi connectivity index (χ1n) is 5.00.